The number of carbonyl (C=O) groups excluding carboxylic acids is 2. The van der Waals surface area contributed by atoms with Crippen molar-refractivity contribution in [3.63, 3.8) is 0 Å². The van der Waals surface area contributed by atoms with E-state index in [0.29, 0.717) is 23.1 Å². The third-order valence-corrected chi connectivity index (χ3v) is 6.08. The number of carbonyl (C=O) groups is 2. The molecule has 2 amide bonds. The van der Waals surface area contributed by atoms with Gasteiger partial charge in [-0.3, -0.25) is 14.5 Å². The minimum atomic E-state index is -0.112. The molecule has 4 rings (SSSR count). The van der Waals surface area contributed by atoms with Gasteiger partial charge in [0.1, 0.15) is 5.82 Å². The Balaban J connectivity index is 1.39. The quantitative estimate of drug-likeness (QED) is 0.821. The fraction of sp³-hybridized carbons (Fsp3) is 0.588. The molecule has 1 aromatic rings. The monoisotopic (exact) mass is 361 g/mol. The first-order chi connectivity index (χ1) is 12.2. The van der Waals surface area contributed by atoms with E-state index in [0.717, 1.165) is 25.9 Å². The molecule has 1 aromatic heterocycles. The summed E-state index contributed by atoms with van der Waals surface area (Å²) in [6.07, 6.45) is 3.67. The van der Waals surface area contributed by atoms with E-state index in [-0.39, 0.29) is 18.4 Å². The average molecular weight is 361 g/mol. The number of piperidine rings is 1. The summed E-state index contributed by atoms with van der Waals surface area (Å²) in [6.45, 7) is 4.13. The topological polar surface area (TPSA) is 77.6 Å². The van der Waals surface area contributed by atoms with Crippen LogP contribution in [0, 0.1) is 0 Å². The second kappa shape index (κ2) is 7.21. The number of thioether (sulfide) groups is 1. The van der Waals surface area contributed by atoms with Gasteiger partial charge in [0.05, 0.1) is 17.8 Å². The number of rotatable bonds is 2. The molecule has 0 aliphatic carbocycles. The van der Waals surface area contributed by atoms with Crippen LogP contribution < -0.4 is 10.6 Å². The first-order valence-electron chi connectivity index (χ1n) is 8.85. The van der Waals surface area contributed by atoms with Crippen molar-refractivity contribution >= 4 is 35.1 Å². The normalized spacial score (nSPS) is 22.1. The van der Waals surface area contributed by atoms with Crippen LogP contribution in [0.5, 0.6) is 0 Å². The van der Waals surface area contributed by atoms with E-state index in [1.54, 1.807) is 12.3 Å². The number of likely N-dealkylation sites (tertiary alicyclic amines) is 1. The second-order valence-electron chi connectivity index (χ2n) is 6.69. The summed E-state index contributed by atoms with van der Waals surface area (Å²) < 4.78 is 0. The molecule has 0 saturated carbocycles. The van der Waals surface area contributed by atoms with Crippen LogP contribution in [0.15, 0.2) is 12.3 Å². The van der Waals surface area contributed by atoms with Crippen molar-refractivity contribution in [3.05, 3.63) is 17.8 Å². The molecule has 25 heavy (non-hydrogen) atoms. The third-order valence-electron chi connectivity index (χ3n) is 5.14. The lowest BCUT2D eigenvalue weighted by Crippen LogP contribution is -2.49. The largest absolute Gasteiger partial charge is 0.359 e. The number of nitrogens with one attached hydrogen (secondary N) is 2. The SMILES string of the molecule is O=C1CNc2ncc(C(=O)N3CCC(N4CCSCC4)CC3)cc2N1. The molecular formula is C17H23N5O2S. The Hall–Kier alpha value is -1.80. The molecule has 0 radical (unpaired) electrons. The summed E-state index contributed by atoms with van der Waals surface area (Å²) in [6, 6.07) is 2.33. The van der Waals surface area contributed by atoms with E-state index in [9.17, 15) is 9.59 Å². The van der Waals surface area contributed by atoms with Crippen molar-refractivity contribution < 1.29 is 9.59 Å². The lowest BCUT2D eigenvalue weighted by molar-refractivity contribution is -0.114. The van der Waals surface area contributed by atoms with Gasteiger partial charge in [-0.25, -0.2) is 4.98 Å². The van der Waals surface area contributed by atoms with Crippen LogP contribution in [0.2, 0.25) is 0 Å². The van der Waals surface area contributed by atoms with E-state index < -0.39 is 0 Å². The highest BCUT2D eigenvalue weighted by molar-refractivity contribution is 7.99. The molecule has 0 unspecified atom stereocenters. The average Bonchev–Trinajstić information content (AvgIpc) is 2.67. The number of nitrogens with zero attached hydrogens (tertiary/aromatic N) is 3. The molecule has 0 atom stereocenters. The highest BCUT2D eigenvalue weighted by Gasteiger charge is 2.28. The van der Waals surface area contributed by atoms with Crippen molar-refractivity contribution in [2.75, 3.05) is 54.9 Å². The molecule has 134 valence electrons. The third kappa shape index (κ3) is 3.59. The van der Waals surface area contributed by atoms with Gasteiger partial charge in [-0.05, 0) is 18.9 Å². The molecule has 3 aliphatic heterocycles. The van der Waals surface area contributed by atoms with Gasteiger partial charge in [0, 0.05) is 49.9 Å². The maximum Gasteiger partial charge on any atom is 0.255 e. The van der Waals surface area contributed by atoms with Gasteiger partial charge in [0.2, 0.25) is 5.91 Å². The predicted octanol–water partition coefficient (Wildman–Crippen LogP) is 1.10. The molecule has 3 aliphatic rings. The van der Waals surface area contributed by atoms with Gasteiger partial charge in [-0.2, -0.15) is 11.8 Å². The van der Waals surface area contributed by atoms with Crippen molar-refractivity contribution in [2.24, 2.45) is 0 Å². The zero-order valence-electron chi connectivity index (χ0n) is 14.2. The van der Waals surface area contributed by atoms with Crippen LogP contribution in [0.1, 0.15) is 23.2 Å². The Labute approximate surface area is 151 Å². The number of aromatic nitrogens is 1. The van der Waals surface area contributed by atoms with Gasteiger partial charge in [-0.15, -0.1) is 0 Å². The Kier molecular flexibility index (Phi) is 4.80. The fourth-order valence-electron chi connectivity index (χ4n) is 3.74. The molecule has 0 spiro atoms. The Morgan fingerprint density at radius 2 is 1.96 bits per heavy atom. The molecule has 0 bridgehead atoms. The van der Waals surface area contributed by atoms with Crippen molar-refractivity contribution in [3.8, 4) is 0 Å². The molecule has 4 heterocycles. The molecule has 8 heteroatoms. The predicted molar refractivity (Wildman–Crippen MR) is 99.2 cm³/mol. The number of fused-ring (bicyclic) bond motifs is 1. The Morgan fingerprint density at radius 1 is 1.20 bits per heavy atom. The summed E-state index contributed by atoms with van der Waals surface area (Å²) >= 11 is 2.03. The van der Waals surface area contributed by atoms with E-state index in [2.05, 4.69) is 20.5 Å². The zero-order valence-corrected chi connectivity index (χ0v) is 15.0. The standard InChI is InChI=1S/C17H23N5O2S/c23-15-11-19-16-14(20-15)9-12(10-18-16)17(24)22-3-1-13(2-4-22)21-5-7-25-8-6-21/h9-10,13H,1-8,11H2,(H,18,19)(H,20,23). The number of amides is 2. The highest BCUT2D eigenvalue weighted by Crippen LogP contribution is 2.25. The van der Waals surface area contributed by atoms with Crippen molar-refractivity contribution in [1.82, 2.24) is 14.8 Å². The van der Waals surface area contributed by atoms with Gasteiger partial charge in [0.25, 0.3) is 5.91 Å². The van der Waals surface area contributed by atoms with E-state index >= 15 is 0 Å². The van der Waals surface area contributed by atoms with Crippen LogP contribution >= 0.6 is 11.8 Å². The van der Waals surface area contributed by atoms with Gasteiger partial charge in [-0.1, -0.05) is 0 Å². The smallest absolute Gasteiger partial charge is 0.255 e. The summed E-state index contributed by atoms with van der Waals surface area (Å²) in [5.74, 6) is 2.96. The molecule has 2 saturated heterocycles. The minimum absolute atomic E-state index is 0.00257. The first-order valence-corrected chi connectivity index (χ1v) is 10.0. The summed E-state index contributed by atoms with van der Waals surface area (Å²) in [7, 11) is 0. The number of anilines is 2. The van der Waals surface area contributed by atoms with E-state index in [1.165, 1.54) is 24.6 Å². The van der Waals surface area contributed by atoms with Crippen LogP contribution in [-0.2, 0) is 4.79 Å². The molecular weight excluding hydrogens is 338 g/mol. The van der Waals surface area contributed by atoms with Crippen LogP contribution in [0.4, 0.5) is 11.5 Å². The maximum atomic E-state index is 12.8. The Bertz CT molecular complexity index is 669. The van der Waals surface area contributed by atoms with Gasteiger partial charge < -0.3 is 15.5 Å². The molecule has 2 fully saturated rings. The fourth-order valence-corrected chi connectivity index (χ4v) is 4.67. The summed E-state index contributed by atoms with van der Waals surface area (Å²) in [5.41, 5.74) is 1.12. The maximum absolute atomic E-state index is 12.8. The summed E-state index contributed by atoms with van der Waals surface area (Å²) in [4.78, 5) is 33.0. The van der Waals surface area contributed by atoms with Crippen LogP contribution in [0.3, 0.4) is 0 Å². The number of hydrogen-bond donors (Lipinski definition) is 2. The van der Waals surface area contributed by atoms with Crippen molar-refractivity contribution in [2.45, 2.75) is 18.9 Å². The summed E-state index contributed by atoms with van der Waals surface area (Å²) in [5, 5.41) is 5.71. The zero-order chi connectivity index (χ0) is 17.2. The van der Waals surface area contributed by atoms with Gasteiger partial charge in [0.15, 0.2) is 0 Å². The van der Waals surface area contributed by atoms with E-state index in [4.69, 9.17) is 0 Å². The molecule has 7 nitrogen and oxygen atoms in total. The first kappa shape index (κ1) is 16.7. The van der Waals surface area contributed by atoms with E-state index in [1.807, 2.05) is 16.7 Å². The van der Waals surface area contributed by atoms with Crippen molar-refractivity contribution in [1.29, 1.82) is 0 Å². The highest BCUT2D eigenvalue weighted by atomic mass is 32.2. The Morgan fingerprint density at radius 3 is 2.72 bits per heavy atom. The second-order valence-corrected chi connectivity index (χ2v) is 7.92. The lowest BCUT2D eigenvalue weighted by Gasteiger charge is -2.40. The molecule has 0 aromatic carbocycles. The van der Waals surface area contributed by atoms with Gasteiger partial charge >= 0.3 is 0 Å². The van der Waals surface area contributed by atoms with Crippen LogP contribution in [0.25, 0.3) is 0 Å². The molecule has 2 N–H and O–H groups in total. The van der Waals surface area contributed by atoms with Crippen LogP contribution in [-0.4, -0.2) is 76.9 Å². The number of pyridine rings is 1. The minimum Gasteiger partial charge on any atom is -0.359 e. The number of hydrogen-bond acceptors (Lipinski definition) is 6. The lowest BCUT2D eigenvalue weighted by atomic mass is 10.0.